The maximum absolute atomic E-state index is 13.7. The van der Waals surface area contributed by atoms with Crippen LogP contribution in [0.25, 0.3) is 6.08 Å². The number of carbonyl (C=O) groups is 1. The smallest absolute Gasteiger partial charge is 0.248 e. The van der Waals surface area contributed by atoms with Gasteiger partial charge in [0.15, 0.2) is 0 Å². The number of anilines is 2. The number of halogens is 1. The summed E-state index contributed by atoms with van der Waals surface area (Å²) in [5.41, 5.74) is 3.41. The standard InChI is InChI=1S/C28H32FN5O3.C2H6/c1-3-37-26-14-25-22(28(31-17-30-25)32-19-6-10-23(29)18(2)13-19)9-11-24(26)33-27(35)5-4-12-34-20-7-8-21(34)16-36-15-20;1-2/h4-6,10-11,13-14,17,20-21H,3,7-9,12,15-16H2,1-2H3,(H,33,35)(H,30,31,32);1-2H3/b5-4+;. The summed E-state index contributed by atoms with van der Waals surface area (Å²) in [6.07, 6.45) is 11.5. The van der Waals surface area contributed by atoms with E-state index in [1.165, 1.54) is 12.4 Å². The predicted molar refractivity (Wildman–Crippen MR) is 151 cm³/mol. The summed E-state index contributed by atoms with van der Waals surface area (Å²) in [5, 5.41) is 6.25. The number of fused-ring (bicyclic) bond motifs is 3. The fourth-order valence-corrected chi connectivity index (χ4v) is 5.08. The van der Waals surface area contributed by atoms with Crippen LogP contribution in [0.4, 0.5) is 15.9 Å². The van der Waals surface area contributed by atoms with E-state index in [4.69, 9.17) is 9.47 Å². The third kappa shape index (κ3) is 6.91. The lowest BCUT2D eigenvalue weighted by molar-refractivity contribution is -0.115. The van der Waals surface area contributed by atoms with Crippen LogP contribution < -0.4 is 10.6 Å². The first-order valence-electron chi connectivity index (χ1n) is 13.7. The van der Waals surface area contributed by atoms with Crippen LogP contribution >= 0.6 is 0 Å². The Kier molecular flexibility index (Phi) is 9.84. The molecule has 2 atom stereocenters. The van der Waals surface area contributed by atoms with Crippen molar-refractivity contribution in [2.75, 3.05) is 31.7 Å². The molecule has 0 spiro atoms. The number of hydrogen-bond acceptors (Lipinski definition) is 7. The average molecular weight is 536 g/mol. The number of aryl methyl sites for hydroxylation is 1. The largest absolute Gasteiger partial charge is 0.492 e. The molecule has 0 saturated carbocycles. The Morgan fingerprint density at radius 2 is 2.00 bits per heavy atom. The lowest BCUT2D eigenvalue weighted by Gasteiger charge is -2.33. The van der Waals surface area contributed by atoms with Crippen molar-refractivity contribution in [3.63, 3.8) is 0 Å². The van der Waals surface area contributed by atoms with Crippen molar-refractivity contribution < 1.29 is 18.7 Å². The summed E-state index contributed by atoms with van der Waals surface area (Å²) in [4.78, 5) is 24.1. The summed E-state index contributed by atoms with van der Waals surface area (Å²) in [7, 11) is 0. The molecule has 3 aliphatic rings. The Hall–Kier alpha value is -3.56. The van der Waals surface area contributed by atoms with Gasteiger partial charge in [-0.25, -0.2) is 14.4 Å². The maximum atomic E-state index is 13.7. The molecule has 2 aliphatic heterocycles. The second-order valence-electron chi connectivity index (χ2n) is 9.45. The van der Waals surface area contributed by atoms with Gasteiger partial charge in [-0.15, -0.1) is 0 Å². The van der Waals surface area contributed by atoms with Gasteiger partial charge in [-0.3, -0.25) is 9.69 Å². The quantitative estimate of drug-likeness (QED) is 0.458. The maximum Gasteiger partial charge on any atom is 0.248 e. The molecule has 9 heteroatoms. The molecular formula is C30H38FN5O3. The van der Waals surface area contributed by atoms with Crippen LogP contribution in [0.1, 0.15) is 50.4 Å². The van der Waals surface area contributed by atoms with Gasteiger partial charge in [0, 0.05) is 42.0 Å². The van der Waals surface area contributed by atoms with Gasteiger partial charge >= 0.3 is 0 Å². The number of hydrogen-bond donors (Lipinski definition) is 2. The molecule has 2 bridgehead atoms. The number of morpholine rings is 1. The van der Waals surface area contributed by atoms with Crippen molar-refractivity contribution in [2.24, 2.45) is 0 Å². The van der Waals surface area contributed by atoms with Gasteiger partial charge in [-0.05, 0) is 56.9 Å². The van der Waals surface area contributed by atoms with Crippen LogP contribution in [0, 0.1) is 12.7 Å². The van der Waals surface area contributed by atoms with E-state index in [1.54, 1.807) is 25.1 Å². The third-order valence-electron chi connectivity index (χ3n) is 6.98. The minimum absolute atomic E-state index is 0.213. The Balaban J connectivity index is 0.00000172. The van der Waals surface area contributed by atoms with E-state index in [0.29, 0.717) is 53.6 Å². The molecule has 2 fully saturated rings. The first kappa shape index (κ1) is 28.4. The minimum Gasteiger partial charge on any atom is -0.492 e. The van der Waals surface area contributed by atoms with Crippen molar-refractivity contribution >= 4 is 23.5 Å². The molecule has 1 amide bonds. The van der Waals surface area contributed by atoms with E-state index >= 15 is 0 Å². The minimum atomic E-state index is -0.258. The molecule has 0 radical (unpaired) electrons. The zero-order valence-corrected chi connectivity index (χ0v) is 23.2. The van der Waals surface area contributed by atoms with Crippen molar-refractivity contribution in [1.82, 2.24) is 20.2 Å². The molecule has 5 rings (SSSR count). The van der Waals surface area contributed by atoms with Gasteiger partial charge in [-0.1, -0.05) is 26.0 Å². The molecular weight excluding hydrogens is 497 g/mol. The number of aromatic nitrogens is 2. The molecule has 1 aliphatic carbocycles. The molecule has 1 aromatic heterocycles. The molecule has 3 heterocycles. The van der Waals surface area contributed by atoms with Crippen molar-refractivity contribution in [3.8, 4) is 0 Å². The monoisotopic (exact) mass is 535 g/mol. The molecule has 39 heavy (non-hydrogen) atoms. The Labute approximate surface area is 230 Å². The van der Waals surface area contributed by atoms with Crippen LogP contribution in [0.15, 0.2) is 54.2 Å². The molecule has 2 unspecified atom stereocenters. The number of amides is 1. The highest BCUT2D eigenvalue weighted by atomic mass is 19.1. The van der Waals surface area contributed by atoms with Gasteiger partial charge < -0.3 is 20.1 Å². The highest BCUT2D eigenvalue weighted by molar-refractivity contribution is 5.89. The highest BCUT2D eigenvalue weighted by Crippen LogP contribution is 2.29. The summed E-state index contributed by atoms with van der Waals surface area (Å²) in [5.74, 6) is 0.684. The number of ether oxygens (including phenoxy) is 2. The number of carbonyl (C=O) groups excluding carboxylic acids is 1. The van der Waals surface area contributed by atoms with Crippen LogP contribution in [-0.4, -0.2) is 59.2 Å². The van der Waals surface area contributed by atoms with Crippen LogP contribution in [-0.2, 0) is 20.7 Å². The van der Waals surface area contributed by atoms with E-state index in [9.17, 15) is 9.18 Å². The lowest BCUT2D eigenvalue weighted by atomic mass is 10.1. The van der Waals surface area contributed by atoms with Crippen LogP contribution in [0.5, 0.6) is 0 Å². The zero-order valence-electron chi connectivity index (χ0n) is 23.2. The number of allylic oxidation sites excluding steroid dienone is 1. The first-order valence-corrected chi connectivity index (χ1v) is 13.7. The SMILES string of the molecule is CC.CCOC1=Cc2ncnc(Nc3ccc(F)c(C)c3)c2CC=C1NC(=O)/C=C/CN1C2CCC1COC2. The number of rotatable bonds is 8. The average Bonchev–Trinajstić information content (AvgIpc) is 3.08. The second-order valence-corrected chi connectivity index (χ2v) is 9.45. The van der Waals surface area contributed by atoms with Crippen molar-refractivity contribution in [1.29, 1.82) is 0 Å². The van der Waals surface area contributed by atoms with Gasteiger partial charge in [0.1, 0.15) is 23.7 Å². The summed E-state index contributed by atoms with van der Waals surface area (Å²) < 4.78 is 25.2. The molecule has 8 nitrogen and oxygen atoms in total. The third-order valence-corrected chi connectivity index (χ3v) is 6.98. The Bertz CT molecular complexity index is 1240. The normalized spacial score (nSPS) is 20.2. The molecule has 2 N–H and O–H groups in total. The molecule has 2 saturated heterocycles. The van der Waals surface area contributed by atoms with Crippen molar-refractivity contribution in [2.45, 2.75) is 59.0 Å². The fraction of sp³-hybridized carbons (Fsp3) is 0.433. The first-order chi connectivity index (χ1) is 19.0. The van der Waals surface area contributed by atoms with Gasteiger partial charge in [0.25, 0.3) is 0 Å². The van der Waals surface area contributed by atoms with E-state index in [0.717, 1.165) is 43.9 Å². The molecule has 2 aromatic rings. The molecule has 208 valence electrons. The summed E-state index contributed by atoms with van der Waals surface area (Å²) in [6, 6.07) is 5.73. The number of nitrogens with zero attached hydrogens (tertiary/aromatic N) is 3. The number of benzene rings is 1. The number of nitrogens with one attached hydrogen (secondary N) is 2. The van der Waals surface area contributed by atoms with Gasteiger partial charge in [0.2, 0.25) is 5.91 Å². The van der Waals surface area contributed by atoms with Gasteiger partial charge in [0.05, 0.1) is 31.2 Å². The summed E-state index contributed by atoms with van der Waals surface area (Å²) >= 11 is 0. The predicted octanol–water partition coefficient (Wildman–Crippen LogP) is 5.05. The fourth-order valence-electron chi connectivity index (χ4n) is 5.08. The van der Waals surface area contributed by atoms with Crippen molar-refractivity contribution in [3.05, 3.63) is 76.8 Å². The lowest BCUT2D eigenvalue weighted by Crippen LogP contribution is -2.45. The van der Waals surface area contributed by atoms with E-state index in [2.05, 4.69) is 25.5 Å². The highest BCUT2D eigenvalue weighted by Gasteiger charge is 2.36. The molecule has 1 aromatic carbocycles. The van der Waals surface area contributed by atoms with E-state index in [1.807, 2.05) is 39.0 Å². The topological polar surface area (TPSA) is 88.6 Å². The van der Waals surface area contributed by atoms with E-state index < -0.39 is 0 Å². The Morgan fingerprint density at radius 3 is 2.72 bits per heavy atom. The zero-order chi connectivity index (χ0) is 27.8. The second kappa shape index (κ2) is 13.5. The van der Waals surface area contributed by atoms with Gasteiger partial charge in [-0.2, -0.15) is 0 Å². The van der Waals surface area contributed by atoms with Crippen LogP contribution in [0.3, 0.4) is 0 Å². The van der Waals surface area contributed by atoms with E-state index in [-0.39, 0.29) is 11.7 Å². The Morgan fingerprint density at radius 1 is 1.23 bits per heavy atom. The summed E-state index contributed by atoms with van der Waals surface area (Å²) in [6.45, 7) is 10.3. The van der Waals surface area contributed by atoms with Crippen LogP contribution in [0.2, 0.25) is 0 Å².